The van der Waals surface area contributed by atoms with E-state index >= 15 is 0 Å². The number of nitrogens with zero attached hydrogens (tertiary/aromatic N) is 5. The van der Waals surface area contributed by atoms with Gasteiger partial charge in [-0.25, -0.2) is 9.97 Å². The molecule has 0 atom stereocenters. The topological polar surface area (TPSA) is 73.0 Å². The molecule has 0 aliphatic rings. The quantitative estimate of drug-likeness (QED) is 0.250. The van der Waals surface area contributed by atoms with Crippen molar-refractivity contribution in [3.05, 3.63) is 84.7 Å². The van der Waals surface area contributed by atoms with Gasteiger partial charge < -0.3 is 0 Å². The highest BCUT2D eigenvalue weighted by Gasteiger charge is 2.16. The Morgan fingerprint density at radius 1 is 0.931 bits per heavy atom. The van der Waals surface area contributed by atoms with E-state index in [9.17, 15) is 4.79 Å². The van der Waals surface area contributed by atoms with Crippen LogP contribution in [0.2, 0.25) is 0 Å². The van der Waals surface area contributed by atoms with Crippen molar-refractivity contribution in [2.75, 3.05) is 5.75 Å². The summed E-state index contributed by atoms with van der Waals surface area (Å²) in [7, 11) is 0. The highest BCUT2D eigenvalue weighted by atomic mass is 32.2. The van der Waals surface area contributed by atoms with E-state index in [1.807, 2.05) is 66.7 Å². The first-order valence-corrected chi connectivity index (χ1v) is 10.0. The number of thioether (sulfide) groups is 1. The van der Waals surface area contributed by atoms with E-state index < -0.39 is 0 Å². The summed E-state index contributed by atoms with van der Waals surface area (Å²) in [6, 6.07) is 20.8. The molecule has 3 aromatic heterocycles. The van der Waals surface area contributed by atoms with Crippen LogP contribution in [0, 0.1) is 0 Å². The second-order valence-corrected chi connectivity index (χ2v) is 7.34. The zero-order valence-corrected chi connectivity index (χ0v) is 16.1. The smallest absolute Gasteiger partial charge is 0.192 e. The van der Waals surface area contributed by atoms with Crippen LogP contribution in [-0.2, 0) is 0 Å². The summed E-state index contributed by atoms with van der Waals surface area (Å²) >= 11 is 1.36. The number of benzene rings is 2. The van der Waals surface area contributed by atoms with Crippen LogP contribution < -0.4 is 0 Å². The minimum absolute atomic E-state index is 0.0475. The van der Waals surface area contributed by atoms with Crippen molar-refractivity contribution < 1.29 is 4.79 Å². The van der Waals surface area contributed by atoms with E-state index in [1.54, 1.807) is 16.9 Å². The van der Waals surface area contributed by atoms with Gasteiger partial charge in [0.2, 0.25) is 0 Å². The molecule has 0 saturated carbocycles. The molecule has 0 bridgehead atoms. The zero-order chi connectivity index (χ0) is 19.6. The first-order chi connectivity index (χ1) is 14.3. The van der Waals surface area contributed by atoms with Crippen LogP contribution in [-0.4, -0.2) is 36.1 Å². The van der Waals surface area contributed by atoms with Gasteiger partial charge in [0.25, 0.3) is 0 Å². The molecule has 0 N–H and O–H groups in total. The van der Waals surface area contributed by atoms with Gasteiger partial charge in [-0.3, -0.25) is 9.78 Å². The predicted octanol–water partition coefficient (Wildman–Crippen LogP) is 4.31. The van der Waals surface area contributed by atoms with Gasteiger partial charge in [-0.15, -0.1) is 5.10 Å². The third kappa shape index (κ3) is 3.36. The Labute approximate surface area is 170 Å². The number of Topliss-reactive ketones (excluding diaryl/α,β-unsaturated/α-hetero) is 1. The van der Waals surface area contributed by atoms with Crippen LogP contribution in [0.4, 0.5) is 0 Å². The molecule has 0 unspecified atom stereocenters. The largest absolute Gasteiger partial charge is 0.293 e. The van der Waals surface area contributed by atoms with Crippen molar-refractivity contribution in [1.29, 1.82) is 0 Å². The van der Waals surface area contributed by atoms with Crippen LogP contribution in [0.1, 0.15) is 10.4 Å². The minimum Gasteiger partial charge on any atom is -0.293 e. The fourth-order valence-electron chi connectivity index (χ4n) is 3.08. The van der Waals surface area contributed by atoms with Crippen molar-refractivity contribution >= 4 is 34.1 Å². The number of carbonyl (C=O) groups excluding carboxylic acids is 1. The Balaban J connectivity index is 1.58. The highest BCUT2D eigenvalue weighted by molar-refractivity contribution is 7.99. The van der Waals surface area contributed by atoms with E-state index in [4.69, 9.17) is 9.97 Å². The standard InChI is InChI=1S/C22H15N5OS/c28-19(15-7-2-1-3-8-15)14-29-22-24-18-11-5-4-10-17(18)21-25-20(26-27(21)22)16-9-6-12-23-13-16/h1-13H,14H2. The Morgan fingerprint density at radius 3 is 2.59 bits per heavy atom. The van der Waals surface area contributed by atoms with Gasteiger partial charge in [-0.1, -0.05) is 54.2 Å². The first kappa shape index (κ1) is 17.5. The number of hydrogen-bond acceptors (Lipinski definition) is 6. The lowest BCUT2D eigenvalue weighted by atomic mass is 10.2. The molecule has 0 saturated heterocycles. The maximum Gasteiger partial charge on any atom is 0.192 e. The summed E-state index contributed by atoms with van der Waals surface area (Å²) in [6.07, 6.45) is 3.45. The number of para-hydroxylation sites is 1. The van der Waals surface area contributed by atoms with Gasteiger partial charge in [0.15, 0.2) is 22.4 Å². The van der Waals surface area contributed by atoms with E-state index in [1.165, 1.54) is 11.8 Å². The average molecular weight is 397 g/mol. The second kappa shape index (κ2) is 7.44. The number of hydrogen-bond donors (Lipinski definition) is 0. The van der Waals surface area contributed by atoms with E-state index in [-0.39, 0.29) is 11.5 Å². The molecular weight excluding hydrogens is 382 g/mol. The second-order valence-electron chi connectivity index (χ2n) is 6.40. The molecule has 29 heavy (non-hydrogen) atoms. The SMILES string of the molecule is O=C(CSc1nc2ccccc2c2nc(-c3cccnc3)nn12)c1ccccc1. The third-order valence-corrected chi connectivity index (χ3v) is 5.43. The van der Waals surface area contributed by atoms with E-state index in [2.05, 4.69) is 10.1 Å². The molecule has 0 aliphatic heterocycles. The number of carbonyl (C=O) groups is 1. The van der Waals surface area contributed by atoms with Gasteiger partial charge >= 0.3 is 0 Å². The van der Waals surface area contributed by atoms with Gasteiger partial charge in [0.05, 0.1) is 11.3 Å². The summed E-state index contributed by atoms with van der Waals surface area (Å²) in [6.45, 7) is 0. The Bertz CT molecular complexity index is 1320. The van der Waals surface area contributed by atoms with Crippen molar-refractivity contribution in [2.45, 2.75) is 5.16 Å². The first-order valence-electron chi connectivity index (χ1n) is 9.06. The monoisotopic (exact) mass is 397 g/mol. The van der Waals surface area contributed by atoms with E-state index in [0.29, 0.717) is 22.2 Å². The van der Waals surface area contributed by atoms with Crippen LogP contribution >= 0.6 is 11.8 Å². The molecule has 7 heteroatoms. The fourth-order valence-corrected chi connectivity index (χ4v) is 3.92. The van der Waals surface area contributed by atoms with Crippen LogP contribution in [0.15, 0.2) is 84.3 Å². The van der Waals surface area contributed by atoms with Gasteiger partial charge in [-0.05, 0) is 24.3 Å². The van der Waals surface area contributed by atoms with Crippen LogP contribution in [0.3, 0.4) is 0 Å². The summed E-state index contributed by atoms with van der Waals surface area (Å²) < 4.78 is 1.72. The number of rotatable bonds is 5. The molecule has 140 valence electrons. The highest BCUT2D eigenvalue weighted by Crippen LogP contribution is 2.26. The third-order valence-electron chi connectivity index (χ3n) is 4.50. The van der Waals surface area contributed by atoms with Crippen molar-refractivity contribution in [3.8, 4) is 11.4 Å². The van der Waals surface area contributed by atoms with Crippen molar-refractivity contribution in [2.24, 2.45) is 0 Å². The predicted molar refractivity (Wildman–Crippen MR) is 113 cm³/mol. The fraction of sp³-hybridized carbons (Fsp3) is 0.0455. The van der Waals surface area contributed by atoms with E-state index in [0.717, 1.165) is 16.5 Å². The van der Waals surface area contributed by atoms with Crippen LogP contribution in [0.25, 0.3) is 27.9 Å². The Hall–Kier alpha value is -3.58. The Kier molecular flexibility index (Phi) is 4.50. The number of pyridine rings is 1. The molecule has 0 radical (unpaired) electrons. The summed E-state index contributed by atoms with van der Waals surface area (Å²) in [5.74, 6) is 0.894. The molecule has 5 aromatic rings. The summed E-state index contributed by atoms with van der Waals surface area (Å²) in [5.41, 5.74) is 3.05. The molecule has 0 aliphatic carbocycles. The Morgan fingerprint density at radius 2 is 1.76 bits per heavy atom. The number of fused-ring (bicyclic) bond motifs is 3. The maximum absolute atomic E-state index is 12.5. The van der Waals surface area contributed by atoms with Gasteiger partial charge in [-0.2, -0.15) is 4.52 Å². The summed E-state index contributed by atoms with van der Waals surface area (Å²) in [4.78, 5) is 26.2. The number of aromatic nitrogens is 5. The molecule has 0 amide bonds. The van der Waals surface area contributed by atoms with Gasteiger partial charge in [0.1, 0.15) is 0 Å². The molecule has 6 nitrogen and oxygen atoms in total. The number of ketones is 1. The van der Waals surface area contributed by atoms with Crippen LogP contribution in [0.5, 0.6) is 0 Å². The molecule has 2 aromatic carbocycles. The van der Waals surface area contributed by atoms with Gasteiger partial charge in [0, 0.05) is 28.9 Å². The molecule has 0 fully saturated rings. The van der Waals surface area contributed by atoms with Crippen molar-refractivity contribution in [1.82, 2.24) is 24.6 Å². The minimum atomic E-state index is 0.0475. The lowest BCUT2D eigenvalue weighted by molar-refractivity contribution is 0.102. The maximum atomic E-state index is 12.5. The molecule has 0 spiro atoms. The molecule has 5 rings (SSSR count). The van der Waals surface area contributed by atoms with Crippen molar-refractivity contribution in [3.63, 3.8) is 0 Å². The lowest BCUT2D eigenvalue weighted by Gasteiger charge is -2.06. The zero-order valence-electron chi connectivity index (χ0n) is 15.3. The normalized spacial score (nSPS) is 11.2. The lowest BCUT2D eigenvalue weighted by Crippen LogP contribution is -2.05. The summed E-state index contributed by atoms with van der Waals surface area (Å²) in [5, 5.41) is 6.20. The molecular formula is C22H15N5OS. The molecule has 3 heterocycles. The average Bonchev–Trinajstić information content (AvgIpc) is 3.24.